The molecule has 3 aromatic heterocycles. The molecule has 0 bridgehead atoms. The third-order valence-electron chi connectivity index (χ3n) is 3.70. The lowest BCUT2D eigenvalue weighted by atomic mass is 10.3. The van der Waals surface area contributed by atoms with Crippen LogP contribution < -0.4 is 0 Å². The summed E-state index contributed by atoms with van der Waals surface area (Å²) < 4.78 is 1.89. The van der Waals surface area contributed by atoms with E-state index in [2.05, 4.69) is 15.1 Å². The van der Waals surface area contributed by atoms with Crippen LogP contribution in [0.4, 0.5) is 0 Å². The van der Waals surface area contributed by atoms with E-state index in [1.807, 2.05) is 41.3 Å². The van der Waals surface area contributed by atoms with Crippen molar-refractivity contribution in [1.82, 2.24) is 24.6 Å². The molecule has 3 heterocycles. The number of amides is 1. The van der Waals surface area contributed by atoms with Crippen molar-refractivity contribution in [1.29, 1.82) is 0 Å². The summed E-state index contributed by atoms with van der Waals surface area (Å²) in [5, 5.41) is 6.99. The van der Waals surface area contributed by atoms with Gasteiger partial charge in [0, 0.05) is 31.4 Å². The van der Waals surface area contributed by atoms with Crippen molar-refractivity contribution in [2.24, 2.45) is 0 Å². The number of rotatable bonds is 6. The van der Waals surface area contributed by atoms with Gasteiger partial charge in [0.1, 0.15) is 5.01 Å². The molecule has 0 saturated heterocycles. The van der Waals surface area contributed by atoms with Crippen LogP contribution in [0.5, 0.6) is 0 Å². The lowest BCUT2D eigenvalue weighted by molar-refractivity contribution is -0.129. The molecule has 0 N–H and O–H groups in total. The number of hydrogen-bond acceptors (Lipinski definition) is 5. The molecule has 0 unspecified atom stereocenters. The van der Waals surface area contributed by atoms with Crippen LogP contribution in [0.1, 0.15) is 18.3 Å². The Labute approximate surface area is 144 Å². The second kappa shape index (κ2) is 7.35. The van der Waals surface area contributed by atoms with Gasteiger partial charge in [-0.05, 0) is 25.1 Å². The molecular formula is C17H19N5OS. The number of thiazole rings is 1. The van der Waals surface area contributed by atoms with Crippen LogP contribution >= 0.6 is 11.3 Å². The van der Waals surface area contributed by atoms with Gasteiger partial charge in [-0.15, -0.1) is 11.3 Å². The Bertz CT molecular complexity index is 811. The molecule has 0 spiro atoms. The minimum Gasteiger partial charge on any atom is -0.340 e. The topological polar surface area (TPSA) is 63.9 Å². The van der Waals surface area contributed by atoms with E-state index in [1.54, 1.807) is 24.3 Å². The number of carbonyl (C=O) groups is 1. The highest BCUT2D eigenvalue weighted by Crippen LogP contribution is 2.21. The quantitative estimate of drug-likeness (QED) is 0.691. The summed E-state index contributed by atoms with van der Waals surface area (Å²) in [5.41, 5.74) is 2.64. The minimum atomic E-state index is 0.0386. The smallest absolute Gasteiger partial charge is 0.228 e. The number of aromatic nitrogens is 4. The highest BCUT2D eigenvalue weighted by molar-refractivity contribution is 7.13. The molecule has 0 aliphatic carbocycles. The van der Waals surface area contributed by atoms with Gasteiger partial charge in [-0.1, -0.05) is 6.07 Å². The van der Waals surface area contributed by atoms with Crippen LogP contribution in [0.15, 0.2) is 42.0 Å². The predicted molar refractivity (Wildman–Crippen MR) is 93.4 cm³/mol. The van der Waals surface area contributed by atoms with Gasteiger partial charge in [0.15, 0.2) is 0 Å². The molecule has 0 aliphatic rings. The number of carbonyl (C=O) groups excluding carboxylic acids is 1. The molecule has 124 valence electrons. The zero-order valence-electron chi connectivity index (χ0n) is 13.7. The first kappa shape index (κ1) is 16.3. The van der Waals surface area contributed by atoms with E-state index in [0.29, 0.717) is 13.0 Å². The van der Waals surface area contributed by atoms with Gasteiger partial charge in [-0.25, -0.2) is 4.98 Å². The number of hydrogen-bond donors (Lipinski definition) is 0. The predicted octanol–water partition coefficient (Wildman–Crippen LogP) is 2.62. The van der Waals surface area contributed by atoms with Crippen molar-refractivity contribution in [3.63, 3.8) is 0 Å². The third-order valence-corrected chi connectivity index (χ3v) is 4.61. The van der Waals surface area contributed by atoms with Gasteiger partial charge in [-0.2, -0.15) is 5.10 Å². The Hall–Kier alpha value is -2.54. The number of aryl methyl sites for hydroxylation is 1. The van der Waals surface area contributed by atoms with E-state index < -0.39 is 0 Å². The van der Waals surface area contributed by atoms with E-state index in [-0.39, 0.29) is 5.91 Å². The van der Waals surface area contributed by atoms with Crippen LogP contribution in [0, 0.1) is 0 Å². The average molecular weight is 341 g/mol. The minimum absolute atomic E-state index is 0.0386. The average Bonchev–Trinajstić information content (AvgIpc) is 3.24. The standard InChI is InChI=1S/C17H19N5OS/c1-3-22-14(7-9-19-22)11-21(2)16(23)10-13-12-24-17(20-13)15-6-4-5-8-18-15/h4-9,12H,3,10-11H2,1-2H3. The fraction of sp³-hybridized carbons (Fsp3) is 0.294. The summed E-state index contributed by atoms with van der Waals surface area (Å²) in [7, 11) is 1.81. The fourth-order valence-electron chi connectivity index (χ4n) is 2.40. The summed E-state index contributed by atoms with van der Waals surface area (Å²) >= 11 is 1.51. The molecular weight excluding hydrogens is 322 g/mol. The number of nitrogens with zero attached hydrogens (tertiary/aromatic N) is 5. The van der Waals surface area contributed by atoms with Crippen LogP contribution in [-0.4, -0.2) is 37.6 Å². The fourth-order valence-corrected chi connectivity index (χ4v) is 3.19. The molecule has 3 aromatic rings. The van der Waals surface area contributed by atoms with Crippen LogP contribution in [-0.2, 0) is 24.3 Å². The molecule has 0 aliphatic heterocycles. The summed E-state index contributed by atoms with van der Waals surface area (Å²) in [6, 6.07) is 7.66. The molecule has 7 heteroatoms. The lowest BCUT2D eigenvalue weighted by Gasteiger charge is -2.17. The highest BCUT2D eigenvalue weighted by Gasteiger charge is 2.15. The number of pyridine rings is 1. The Morgan fingerprint density at radius 3 is 2.92 bits per heavy atom. The largest absolute Gasteiger partial charge is 0.340 e. The van der Waals surface area contributed by atoms with Crippen molar-refractivity contribution in [3.05, 3.63) is 53.4 Å². The van der Waals surface area contributed by atoms with Crippen LogP contribution in [0.25, 0.3) is 10.7 Å². The van der Waals surface area contributed by atoms with Gasteiger partial charge >= 0.3 is 0 Å². The Kier molecular flexibility index (Phi) is 5.00. The van der Waals surface area contributed by atoms with E-state index in [4.69, 9.17) is 0 Å². The zero-order chi connectivity index (χ0) is 16.9. The van der Waals surface area contributed by atoms with Gasteiger partial charge in [0.2, 0.25) is 5.91 Å². The Morgan fingerprint density at radius 2 is 2.17 bits per heavy atom. The van der Waals surface area contributed by atoms with Gasteiger partial charge in [0.25, 0.3) is 0 Å². The third kappa shape index (κ3) is 3.68. The van der Waals surface area contributed by atoms with Crippen LogP contribution in [0.2, 0.25) is 0 Å². The van der Waals surface area contributed by atoms with Crippen molar-refractivity contribution in [3.8, 4) is 10.7 Å². The summed E-state index contributed by atoms with van der Waals surface area (Å²) in [6.07, 6.45) is 3.79. The Balaban J connectivity index is 1.63. The van der Waals surface area contributed by atoms with Crippen LogP contribution in [0.3, 0.4) is 0 Å². The van der Waals surface area contributed by atoms with Crippen molar-refractivity contribution >= 4 is 17.2 Å². The number of likely N-dealkylation sites (N-methyl/N-ethyl adjacent to an activating group) is 1. The first-order chi connectivity index (χ1) is 11.7. The molecule has 0 saturated carbocycles. The maximum Gasteiger partial charge on any atom is 0.228 e. The van der Waals surface area contributed by atoms with E-state index in [9.17, 15) is 4.79 Å². The highest BCUT2D eigenvalue weighted by atomic mass is 32.1. The summed E-state index contributed by atoms with van der Waals surface area (Å²) in [6.45, 7) is 3.38. The molecule has 24 heavy (non-hydrogen) atoms. The van der Waals surface area contributed by atoms with Crippen molar-refractivity contribution in [2.45, 2.75) is 26.4 Å². The van der Waals surface area contributed by atoms with E-state index in [0.717, 1.165) is 28.6 Å². The molecule has 0 fully saturated rings. The maximum absolute atomic E-state index is 12.4. The van der Waals surface area contributed by atoms with Gasteiger partial charge < -0.3 is 4.90 Å². The molecule has 1 amide bonds. The van der Waals surface area contributed by atoms with Gasteiger partial charge in [-0.3, -0.25) is 14.5 Å². The first-order valence-corrected chi connectivity index (χ1v) is 8.65. The van der Waals surface area contributed by atoms with Crippen molar-refractivity contribution in [2.75, 3.05) is 7.05 Å². The second-order valence-corrected chi connectivity index (χ2v) is 6.28. The molecule has 0 aromatic carbocycles. The van der Waals surface area contributed by atoms with Crippen molar-refractivity contribution < 1.29 is 4.79 Å². The first-order valence-electron chi connectivity index (χ1n) is 7.78. The normalized spacial score (nSPS) is 10.8. The maximum atomic E-state index is 12.4. The zero-order valence-corrected chi connectivity index (χ0v) is 14.5. The molecule has 3 rings (SSSR count). The van der Waals surface area contributed by atoms with E-state index >= 15 is 0 Å². The lowest BCUT2D eigenvalue weighted by Crippen LogP contribution is -2.28. The van der Waals surface area contributed by atoms with E-state index in [1.165, 1.54) is 11.3 Å². The second-order valence-electron chi connectivity index (χ2n) is 5.42. The summed E-state index contributed by atoms with van der Waals surface area (Å²) in [4.78, 5) is 23.0. The Morgan fingerprint density at radius 1 is 1.29 bits per heavy atom. The molecule has 0 atom stereocenters. The molecule has 0 radical (unpaired) electrons. The summed E-state index contributed by atoms with van der Waals surface area (Å²) in [5.74, 6) is 0.0386. The van der Waals surface area contributed by atoms with Gasteiger partial charge in [0.05, 0.1) is 30.0 Å². The SMILES string of the molecule is CCn1nccc1CN(C)C(=O)Cc1csc(-c2ccccn2)n1. The molecule has 6 nitrogen and oxygen atoms in total. The monoisotopic (exact) mass is 341 g/mol.